The number of nitro groups is 1. The largest absolute Gasteiger partial charge is 0.490 e. The standard InChI is InChI=1S/C20H31BrN4O3/c1-20(2,3)24-11-9-22(10-12-24)15-5-7-23(8-6-15)17-14-19(28-4)18(25(26)27)13-16(17)21/h13-15H,5-12H2,1-4H3. The summed E-state index contributed by atoms with van der Waals surface area (Å²) in [5.74, 6) is 0.309. The zero-order valence-electron chi connectivity index (χ0n) is 17.3. The van der Waals surface area contributed by atoms with Gasteiger partial charge in [-0.1, -0.05) is 0 Å². The summed E-state index contributed by atoms with van der Waals surface area (Å²) in [4.78, 5) is 18.3. The van der Waals surface area contributed by atoms with Gasteiger partial charge < -0.3 is 9.64 Å². The maximum Gasteiger partial charge on any atom is 0.312 e. The number of nitro benzene ring substituents is 1. The molecule has 0 bridgehead atoms. The number of anilines is 1. The lowest BCUT2D eigenvalue weighted by Crippen LogP contribution is -2.57. The quantitative estimate of drug-likeness (QED) is 0.509. The maximum atomic E-state index is 11.2. The summed E-state index contributed by atoms with van der Waals surface area (Å²) in [6.45, 7) is 13.3. The molecule has 2 heterocycles. The lowest BCUT2D eigenvalue weighted by atomic mass is 10.00. The van der Waals surface area contributed by atoms with Crippen molar-refractivity contribution < 1.29 is 9.66 Å². The van der Waals surface area contributed by atoms with Gasteiger partial charge in [0.15, 0.2) is 5.75 Å². The number of halogens is 1. The number of piperazine rings is 1. The maximum absolute atomic E-state index is 11.2. The molecule has 2 saturated heterocycles. The van der Waals surface area contributed by atoms with Crippen LogP contribution in [-0.2, 0) is 0 Å². The Hall–Kier alpha value is -1.38. The fourth-order valence-electron chi connectivity index (χ4n) is 4.31. The lowest BCUT2D eigenvalue weighted by molar-refractivity contribution is -0.385. The van der Waals surface area contributed by atoms with Crippen molar-refractivity contribution in [1.82, 2.24) is 9.80 Å². The molecule has 1 aromatic carbocycles. The summed E-state index contributed by atoms with van der Waals surface area (Å²) >= 11 is 3.51. The van der Waals surface area contributed by atoms with Crippen molar-refractivity contribution in [3.63, 3.8) is 0 Å². The van der Waals surface area contributed by atoms with Gasteiger partial charge in [0.2, 0.25) is 0 Å². The van der Waals surface area contributed by atoms with Crippen molar-refractivity contribution in [2.45, 2.75) is 45.2 Å². The van der Waals surface area contributed by atoms with Crippen LogP contribution in [0.2, 0.25) is 0 Å². The molecule has 0 unspecified atom stereocenters. The number of ether oxygens (including phenoxy) is 1. The fraction of sp³-hybridized carbons (Fsp3) is 0.700. The normalized spacial score (nSPS) is 20.4. The molecular formula is C20H31BrN4O3. The first-order valence-corrected chi connectivity index (χ1v) is 10.8. The molecule has 0 atom stereocenters. The highest BCUT2D eigenvalue weighted by molar-refractivity contribution is 9.10. The van der Waals surface area contributed by atoms with Gasteiger partial charge in [-0.2, -0.15) is 0 Å². The molecule has 2 aliphatic heterocycles. The van der Waals surface area contributed by atoms with Crippen molar-refractivity contribution in [3.05, 3.63) is 26.7 Å². The number of piperidine rings is 1. The minimum absolute atomic E-state index is 0.00951. The van der Waals surface area contributed by atoms with E-state index < -0.39 is 4.92 Å². The van der Waals surface area contributed by atoms with E-state index in [4.69, 9.17) is 4.74 Å². The van der Waals surface area contributed by atoms with Crippen LogP contribution in [0.15, 0.2) is 16.6 Å². The van der Waals surface area contributed by atoms with Gasteiger partial charge in [0.05, 0.1) is 17.7 Å². The summed E-state index contributed by atoms with van der Waals surface area (Å²) in [7, 11) is 1.48. The second kappa shape index (κ2) is 8.55. The van der Waals surface area contributed by atoms with Crippen LogP contribution in [0.5, 0.6) is 5.75 Å². The third-order valence-corrected chi connectivity index (χ3v) is 6.66. The average molecular weight is 455 g/mol. The Kier molecular flexibility index (Phi) is 6.51. The molecule has 2 fully saturated rings. The van der Waals surface area contributed by atoms with Crippen LogP contribution in [0.4, 0.5) is 11.4 Å². The summed E-state index contributed by atoms with van der Waals surface area (Å²) in [5, 5.41) is 11.2. The summed E-state index contributed by atoms with van der Waals surface area (Å²) in [5.41, 5.74) is 1.21. The van der Waals surface area contributed by atoms with E-state index in [-0.39, 0.29) is 11.2 Å². The molecule has 0 aromatic heterocycles. The number of benzene rings is 1. The van der Waals surface area contributed by atoms with E-state index in [1.165, 1.54) is 7.11 Å². The van der Waals surface area contributed by atoms with Gasteiger partial charge in [0.25, 0.3) is 0 Å². The minimum Gasteiger partial charge on any atom is -0.490 e. The van der Waals surface area contributed by atoms with E-state index in [0.717, 1.165) is 62.3 Å². The second-order valence-electron chi connectivity index (χ2n) is 8.64. The van der Waals surface area contributed by atoms with Crippen LogP contribution >= 0.6 is 15.9 Å². The molecule has 7 nitrogen and oxygen atoms in total. The topological polar surface area (TPSA) is 62.1 Å². The predicted octanol–water partition coefficient (Wildman–Crippen LogP) is 3.75. The van der Waals surface area contributed by atoms with Gasteiger partial charge in [0.1, 0.15) is 0 Å². The van der Waals surface area contributed by atoms with E-state index in [1.54, 1.807) is 12.1 Å². The first-order chi connectivity index (χ1) is 13.2. The summed E-state index contributed by atoms with van der Waals surface area (Å²) in [6, 6.07) is 3.95. The Balaban J connectivity index is 1.61. The van der Waals surface area contributed by atoms with Gasteiger partial charge in [-0.15, -0.1) is 0 Å². The molecule has 0 aliphatic carbocycles. The lowest BCUT2D eigenvalue weighted by Gasteiger charge is -2.46. The van der Waals surface area contributed by atoms with E-state index >= 15 is 0 Å². The third kappa shape index (κ3) is 4.60. The van der Waals surface area contributed by atoms with Crippen LogP contribution < -0.4 is 9.64 Å². The molecule has 156 valence electrons. The summed E-state index contributed by atoms with van der Waals surface area (Å²) in [6.07, 6.45) is 2.22. The first-order valence-electron chi connectivity index (χ1n) is 9.96. The van der Waals surface area contributed by atoms with Crippen molar-refractivity contribution >= 4 is 27.3 Å². The molecular weight excluding hydrogens is 424 g/mol. The number of hydrogen-bond acceptors (Lipinski definition) is 6. The van der Waals surface area contributed by atoms with Gasteiger partial charge >= 0.3 is 5.69 Å². The predicted molar refractivity (Wildman–Crippen MR) is 115 cm³/mol. The molecule has 0 radical (unpaired) electrons. The van der Waals surface area contributed by atoms with Crippen LogP contribution in [-0.4, -0.2) is 72.7 Å². The van der Waals surface area contributed by atoms with Crippen LogP contribution in [0.25, 0.3) is 0 Å². The Morgan fingerprint density at radius 1 is 1.11 bits per heavy atom. The van der Waals surface area contributed by atoms with Crippen molar-refractivity contribution in [2.75, 3.05) is 51.3 Å². The molecule has 8 heteroatoms. The van der Waals surface area contributed by atoms with Gasteiger partial charge in [-0.25, -0.2) is 0 Å². The highest BCUT2D eigenvalue weighted by atomic mass is 79.9. The first kappa shape index (κ1) is 21.3. The number of methoxy groups -OCH3 is 1. The van der Waals surface area contributed by atoms with E-state index in [1.807, 2.05) is 0 Å². The molecule has 0 N–H and O–H groups in total. The Morgan fingerprint density at radius 3 is 2.21 bits per heavy atom. The zero-order valence-corrected chi connectivity index (χ0v) is 18.9. The molecule has 0 spiro atoms. The van der Waals surface area contributed by atoms with E-state index in [0.29, 0.717) is 11.8 Å². The zero-order chi connectivity index (χ0) is 20.5. The Morgan fingerprint density at radius 2 is 1.71 bits per heavy atom. The summed E-state index contributed by atoms with van der Waals surface area (Å²) < 4.78 is 5.99. The van der Waals surface area contributed by atoms with E-state index in [2.05, 4.69) is 51.4 Å². The highest BCUT2D eigenvalue weighted by Gasteiger charge is 2.31. The number of rotatable bonds is 4. The van der Waals surface area contributed by atoms with Crippen molar-refractivity contribution in [2.24, 2.45) is 0 Å². The second-order valence-corrected chi connectivity index (χ2v) is 9.50. The molecule has 28 heavy (non-hydrogen) atoms. The molecule has 0 saturated carbocycles. The monoisotopic (exact) mass is 454 g/mol. The van der Waals surface area contributed by atoms with Crippen molar-refractivity contribution in [3.8, 4) is 5.75 Å². The minimum atomic E-state index is -0.406. The number of nitrogens with zero attached hydrogens (tertiary/aromatic N) is 4. The van der Waals surface area contributed by atoms with Crippen LogP contribution in [0.1, 0.15) is 33.6 Å². The molecule has 2 aliphatic rings. The Labute approximate surface area is 175 Å². The number of hydrogen-bond donors (Lipinski definition) is 0. The van der Waals surface area contributed by atoms with Gasteiger partial charge in [-0.3, -0.25) is 19.9 Å². The molecule has 0 amide bonds. The Bertz CT molecular complexity index is 706. The fourth-order valence-corrected chi connectivity index (χ4v) is 4.89. The SMILES string of the molecule is COc1cc(N2CCC(N3CCN(C(C)(C)C)CC3)CC2)c(Br)cc1[N+](=O)[O-]. The van der Waals surface area contributed by atoms with Crippen LogP contribution in [0.3, 0.4) is 0 Å². The molecule has 1 aromatic rings. The van der Waals surface area contributed by atoms with Gasteiger partial charge in [-0.05, 0) is 49.5 Å². The van der Waals surface area contributed by atoms with Gasteiger partial charge in [0, 0.05) is 67.5 Å². The van der Waals surface area contributed by atoms with E-state index in [9.17, 15) is 10.1 Å². The van der Waals surface area contributed by atoms with Crippen molar-refractivity contribution in [1.29, 1.82) is 0 Å². The smallest absolute Gasteiger partial charge is 0.312 e. The van der Waals surface area contributed by atoms with Crippen LogP contribution in [0, 0.1) is 10.1 Å². The average Bonchev–Trinajstić information content (AvgIpc) is 2.67. The molecule has 3 rings (SSSR count). The third-order valence-electron chi connectivity index (χ3n) is 6.03. The highest BCUT2D eigenvalue weighted by Crippen LogP contribution is 2.39.